The van der Waals surface area contributed by atoms with Crippen LogP contribution in [0.2, 0.25) is 5.02 Å². The SMILES string of the molecule is CCCNCCCS(=O)(=O)Nc1ccc(I)cc1Cl. The molecule has 19 heavy (non-hydrogen) atoms. The first-order valence-electron chi connectivity index (χ1n) is 6.11. The first-order valence-corrected chi connectivity index (χ1v) is 9.22. The zero-order valence-electron chi connectivity index (χ0n) is 10.7. The second kappa shape index (κ2) is 8.28. The molecule has 7 heteroatoms. The summed E-state index contributed by atoms with van der Waals surface area (Å²) in [6.07, 6.45) is 1.63. The largest absolute Gasteiger partial charge is 0.317 e. The van der Waals surface area contributed by atoms with Crippen LogP contribution in [0.15, 0.2) is 18.2 Å². The van der Waals surface area contributed by atoms with Crippen molar-refractivity contribution in [3.8, 4) is 0 Å². The summed E-state index contributed by atoms with van der Waals surface area (Å²) < 4.78 is 27.2. The third kappa shape index (κ3) is 6.78. The Hall–Kier alpha value is -0.0500. The Labute approximate surface area is 133 Å². The van der Waals surface area contributed by atoms with Crippen molar-refractivity contribution in [3.05, 3.63) is 26.8 Å². The molecule has 0 aliphatic heterocycles. The van der Waals surface area contributed by atoms with E-state index in [-0.39, 0.29) is 5.75 Å². The van der Waals surface area contributed by atoms with E-state index in [9.17, 15) is 8.42 Å². The third-order valence-electron chi connectivity index (χ3n) is 2.39. The van der Waals surface area contributed by atoms with Gasteiger partial charge in [-0.1, -0.05) is 18.5 Å². The molecule has 1 aromatic rings. The van der Waals surface area contributed by atoms with Crippen molar-refractivity contribution in [3.63, 3.8) is 0 Å². The molecular formula is C12H18ClIN2O2S. The molecule has 0 fully saturated rings. The van der Waals surface area contributed by atoms with Crippen molar-refractivity contribution in [1.29, 1.82) is 0 Å². The van der Waals surface area contributed by atoms with Crippen LogP contribution in [0.25, 0.3) is 0 Å². The van der Waals surface area contributed by atoms with Crippen molar-refractivity contribution in [1.82, 2.24) is 5.32 Å². The molecule has 0 aliphatic rings. The van der Waals surface area contributed by atoms with Crippen LogP contribution in [-0.4, -0.2) is 27.3 Å². The fourth-order valence-electron chi connectivity index (χ4n) is 1.48. The van der Waals surface area contributed by atoms with Gasteiger partial charge in [-0.15, -0.1) is 0 Å². The quantitative estimate of drug-likeness (QED) is 0.506. The summed E-state index contributed by atoms with van der Waals surface area (Å²) in [5, 5.41) is 3.59. The van der Waals surface area contributed by atoms with E-state index in [2.05, 4.69) is 39.6 Å². The Bertz CT molecular complexity index is 508. The second-order valence-corrected chi connectivity index (χ2v) is 7.64. The van der Waals surface area contributed by atoms with Gasteiger partial charge in [-0.3, -0.25) is 4.72 Å². The molecule has 1 aromatic carbocycles. The summed E-state index contributed by atoms with van der Waals surface area (Å²) in [5.41, 5.74) is 0.434. The van der Waals surface area contributed by atoms with Crippen LogP contribution in [0, 0.1) is 3.57 Å². The number of hydrogen-bond donors (Lipinski definition) is 2. The molecule has 0 aromatic heterocycles. The Morgan fingerprint density at radius 2 is 2.05 bits per heavy atom. The second-order valence-electron chi connectivity index (χ2n) is 4.15. The van der Waals surface area contributed by atoms with E-state index in [4.69, 9.17) is 11.6 Å². The Kier molecular flexibility index (Phi) is 7.41. The van der Waals surface area contributed by atoms with Gasteiger partial charge < -0.3 is 5.32 Å². The molecule has 0 heterocycles. The summed E-state index contributed by atoms with van der Waals surface area (Å²) in [6, 6.07) is 5.22. The lowest BCUT2D eigenvalue weighted by Gasteiger charge is -2.10. The molecule has 0 bridgehead atoms. The molecule has 0 atom stereocenters. The fourth-order valence-corrected chi connectivity index (χ4v) is 3.58. The normalized spacial score (nSPS) is 11.5. The van der Waals surface area contributed by atoms with Gasteiger partial charge in [0.25, 0.3) is 0 Å². The highest BCUT2D eigenvalue weighted by Gasteiger charge is 2.12. The van der Waals surface area contributed by atoms with E-state index in [1.165, 1.54) is 0 Å². The van der Waals surface area contributed by atoms with Gasteiger partial charge in [0.15, 0.2) is 0 Å². The van der Waals surface area contributed by atoms with Crippen molar-refractivity contribution in [2.45, 2.75) is 19.8 Å². The molecule has 0 aliphatic carbocycles. The van der Waals surface area contributed by atoms with Crippen LogP contribution in [0.4, 0.5) is 5.69 Å². The minimum absolute atomic E-state index is 0.0893. The van der Waals surface area contributed by atoms with E-state index in [1.54, 1.807) is 12.1 Å². The lowest BCUT2D eigenvalue weighted by atomic mass is 10.3. The predicted molar refractivity (Wildman–Crippen MR) is 89.4 cm³/mol. The molecule has 4 nitrogen and oxygen atoms in total. The molecule has 0 saturated heterocycles. The first kappa shape index (κ1) is 17.0. The van der Waals surface area contributed by atoms with Crippen molar-refractivity contribution in [2.24, 2.45) is 0 Å². The average Bonchev–Trinajstić information content (AvgIpc) is 2.32. The lowest BCUT2D eigenvalue weighted by molar-refractivity contribution is 0.593. The molecule has 0 spiro atoms. The average molecular weight is 417 g/mol. The molecule has 0 radical (unpaired) electrons. The van der Waals surface area contributed by atoms with E-state index in [1.807, 2.05) is 6.07 Å². The maximum Gasteiger partial charge on any atom is 0.232 e. The maximum absolute atomic E-state index is 11.9. The number of rotatable bonds is 8. The van der Waals surface area contributed by atoms with Crippen LogP contribution in [-0.2, 0) is 10.0 Å². The monoisotopic (exact) mass is 416 g/mol. The zero-order chi connectivity index (χ0) is 14.3. The van der Waals surface area contributed by atoms with Crippen molar-refractivity contribution >= 4 is 49.9 Å². The molecule has 0 saturated carbocycles. The Morgan fingerprint density at radius 1 is 1.32 bits per heavy atom. The molecule has 0 amide bonds. The minimum Gasteiger partial charge on any atom is -0.317 e. The minimum atomic E-state index is -3.33. The smallest absolute Gasteiger partial charge is 0.232 e. The van der Waals surface area contributed by atoms with Crippen molar-refractivity contribution in [2.75, 3.05) is 23.6 Å². The summed E-state index contributed by atoms with van der Waals surface area (Å²) in [4.78, 5) is 0. The van der Waals surface area contributed by atoms with E-state index >= 15 is 0 Å². The van der Waals surface area contributed by atoms with Gasteiger partial charge in [-0.2, -0.15) is 0 Å². The van der Waals surface area contributed by atoms with E-state index < -0.39 is 10.0 Å². The van der Waals surface area contributed by atoms with Gasteiger partial charge in [-0.25, -0.2) is 8.42 Å². The van der Waals surface area contributed by atoms with Gasteiger partial charge in [0.2, 0.25) is 10.0 Å². The number of halogens is 2. The predicted octanol–water partition coefficient (Wildman–Crippen LogP) is 3.08. The topological polar surface area (TPSA) is 58.2 Å². The summed E-state index contributed by atoms with van der Waals surface area (Å²) in [5.74, 6) is 0.0893. The number of anilines is 1. The summed E-state index contributed by atoms with van der Waals surface area (Å²) in [7, 11) is -3.33. The Morgan fingerprint density at radius 3 is 2.68 bits per heavy atom. The van der Waals surface area contributed by atoms with Gasteiger partial charge in [0.05, 0.1) is 16.5 Å². The van der Waals surface area contributed by atoms with Crippen LogP contribution in [0.3, 0.4) is 0 Å². The van der Waals surface area contributed by atoms with Crippen LogP contribution in [0.5, 0.6) is 0 Å². The highest BCUT2D eigenvalue weighted by Crippen LogP contribution is 2.24. The van der Waals surface area contributed by atoms with E-state index in [0.29, 0.717) is 23.7 Å². The lowest BCUT2D eigenvalue weighted by Crippen LogP contribution is -2.22. The highest BCUT2D eigenvalue weighted by atomic mass is 127. The standard InChI is InChI=1S/C12H18ClIN2O2S/c1-2-6-15-7-3-8-19(17,18)16-12-5-4-10(14)9-11(12)13/h4-5,9,15-16H,2-3,6-8H2,1H3. The maximum atomic E-state index is 11.9. The zero-order valence-corrected chi connectivity index (χ0v) is 14.5. The van der Waals surface area contributed by atoms with Crippen molar-refractivity contribution < 1.29 is 8.42 Å². The molecule has 1 rings (SSSR count). The first-order chi connectivity index (χ1) is 8.94. The molecule has 2 N–H and O–H groups in total. The van der Waals surface area contributed by atoms with Gasteiger partial charge in [0, 0.05) is 3.57 Å². The molecule has 0 unspecified atom stereocenters. The van der Waals surface area contributed by atoms with Gasteiger partial charge >= 0.3 is 0 Å². The molecular weight excluding hydrogens is 399 g/mol. The van der Waals surface area contributed by atoms with Crippen LogP contribution in [0.1, 0.15) is 19.8 Å². The summed E-state index contributed by atoms with van der Waals surface area (Å²) >= 11 is 8.12. The Balaban J connectivity index is 2.50. The van der Waals surface area contributed by atoms with E-state index in [0.717, 1.165) is 16.5 Å². The summed E-state index contributed by atoms with van der Waals surface area (Å²) in [6.45, 7) is 3.69. The highest BCUT2D eigenvalue weighted by molar-refractivity contribution is 14.1. The third-order valence-corrected chi connectivity index (χ3v) is 4.73. The van der Waals surface area contributed by atoms with Crippen LogP contribution >= 0.6 is 34.2 Å². The fraction of sp³-hybridized carbons (Fsp3) is 0.500. The number of benzene rings is 1. The number of sulfonamides is 1. The van der Waals surface area contributed by atoms with Crippen LogP contribution < -0.4 is 10.0 Å². The molecule has 108 valence electrons. The van der Waals surface area contributed by atoms with Gasteiger partial charge in [0.1, 0.15) is 0 Å². The van der Waals surface area contributed by atoms with Gasteiger partial charge in [-0.05, 0) is 66.7 Å². The number of hydrogen-bond acceptors (Lipinski definition) is 3. The number of nitrogens with one attached hydrogen (secondary N) is 2.